The number of hydrogen-bond donors (Lipinski definition) is 4. The fraction of sp³-hybridized carbons (Fsp3) is 0.143. The lowest BCUT2D eigenvalue weighted by Gasteiger charge is -2.18. The number of halogens is 3. The zero-order valence-corrected chi connectivity index (χ0v) is 15.7. The maximum absolute atomic E-state index is 14.0. The molecule has 6 nitrogen and oxygen atoms in total. The van der Waals surface area contributed by atoms with Crippen LogP contribution < -0.4 is 20.1 Å². The number of anilines is 4. The molecule has 0 radical (unpaired) electrons. The Morgan fingerprint density at radius 2 is 1.67 bits per heavy atom. The summed E-state index contributed by atoms with van der Waals surface area (Å²) < 4.78 is 56.5. The van der Waals surface area contributed by atoms with E-state index < -0.39 is 21.8 Å². The van der Waals surface area contributed by atoms with Crippen molar-refractivity contribution in [1.29, 1.82) is 0 Å². The Balaban J connectivity index is 2.53. The van der Waals surface area contributed by atoms with Crippen LogP contribution in [0.4, 0.5) is 31.5 Å². The van der Waals surface area contributed by atoms with E-state index in [1.165, 1.54) is 26.2 Å². The molecule has 0 bridgehead atoms. The molecular weight excluding hydrogens is 453 g/mol. The fourth-order valence-electron chi connectivity index (χ4n) is 1.93. The molecule has 0 saturated heterocycles. The second-order valence-electron chi connectivity index (χ2n) is 4.68. The van der Waals surface area contributed by atoms with Crippen LogP contribution in [0.2, 0.25) is 0 Å². The summed E-state index contributed by atoms with van der Waals surface area (Å²) in [5.74, 6) is -1.15. The Morgan fingerprint density at radius 1 is 1.00 bits per heavy atom. The van der Waals surface area contributed by atoms with E-state index >= 15 is 0 Å². The number of hydrogen-bond acceptors (Lipinski definition) is 4. The smallest absolute Gasteiger partial charge is 0.298 e. The van der Waals surface area contributed by atoms with Crippen molar-refractivity contribution in [3.05, 3.63) is 45.5 Å². The maximum Gasteiger partial charge on any atom is 0.298 e. The molecule has 2 aromatic carbocycles. The molecule has 0 aromatic heterocycles. The summed E-state index contributed by atoms with van der Waals surface area (Å²) in [6.07, 6.45) is 0. The predicted molar refractivity (Wildman–Crippen MR) is 99.9 cm³/mol. The molecule has 2 rings (SSSR count). The minimum atomic E-state index is -3.85. The van der Waals surface area contributed by atoms with Crippen LogP contribution >= 0.6 is 22.6 Å². The zero-order chi connectivity index (χ0) is 17.9. The average Bonchev–Trinajstić information content (AvgIpc) is 2.52. The van der Waals surface area contributed by atoms with Crippen LogP contribution in [0, 0.1) is 15.2 Å². The Morgan fingerprint density at radius 3 is 2.25 bits per heavy atom. The van der Waals surface area contributed by atoms with E-state index in [1.54, 1.807) is 6.07 Å². The van der Waals surface area contributed by atoms with Gasteiger partial charge in [0.2, 0.25) is 0 Å². The maximum atomic E-state index is 14.0. The molecule has 0 amide bonds. The lowest BCUT2D eigenvalue weighted by atomic mass is 10.2. The SMILES string of the molecule is CNc1cc(F)cc(Nc2ccc(I)cc2F)c1NS(=O)(=O)NC. The van der Waals surface area contributed by atoms with Gasteiger partial charge in [-0.1, -0.05) is 0 Å². The Kier molecular flexibility index (Phi) is 5.83. The highest BCUT2D eigenvalue weighted by Crippen LogP contribution is 2.35. The third kappa shape index (κ3) is 4.45. The van der Waals surface area contributed by atoms with Gasteiger partial charge in [0.25, 0.3) is 10.2 Å². The van der Waals surface area contributed by atoms with Crippen LogP contribution in [-0.2, 0) is 10.2 Å². The molecule has 0 heterocycles. The highest BCUT2D eigenvalue weighted by atomic mass is 127. The van der Waals surface area contributed by atoms with Gasteiger partial charge in [0.15, 0.2) is 0 Å². The first kappa shape index (κ1) is 18.7. The van der Waals surface area contributed by atoms with Gasteiger partial charge in [-0.3, -0.25) is 4.72 Å². The van der Waals surface area contributed by atoms with Crippen molar-refractivity contribution >= 4 is 55.5 Å². The van der Waals surface area contributed by atoms with E-state index in [1.807, 2.05) is 22.6 Å². The highest BCUT2D eigenvalue weighted by molar-refractivity contribution is 14.1. The Bertz CT molecular complexity index is 862. The molecule has 10 heteroatoms. The standard InChI is InChI=1S/C14H15F2IN4O2S/c1-18-12-5-8(15)6-13(14(12)21-24(22,23)19-2)20-11-4-3-9(17)7-10(11)16/h3-7,18-21H,1-2H3. The van der Waals surface area contributed by atoms with Crippen LogP contribution in [0.15, 0.2) is 30.3 Å². The number of rotatable bonds is 6. The second kappa shape index (κ2) is 7.49. The highest BCUT2D eigenvalue weighted by Gasteiger charge is 2.17. The van der Waals surface area contributed by atoms with Gasteiger partial charge >= 0.3 is 0 Å². The summed E-state index contributed by atoms with van der Waals surface area (Å²) in [4.78, 5) is 0. The van der Waals surface area contributed by atoms with Gasteiger partial charge in [0.1, 0.15) is 11.6 Å². The van der Waals surface area contributed by atoms with E-state index in [-0.39, 0.29) is 22.7 Å². The van der Waals surface area contributed by atoms with Gasteiger partial charge in [-0.05, 0) is 52.9 Å². The molecule has 2 aromatic rings. The normalized spacial score (nSPS) is 11.2. The fourth-order valence-corrected chi connectivity index (χ4v) is 2.98. The largest absolute Gasteiger partial charge is 0.386 e. The average molecular weight is 468 g/mol. The molecule has 0 aliphatic heterocycles. The van der Waals surface area contributed by atoms with E-state index in [2.05, 4.69) is 20.1 Å². The molecule has 4 N–H and O–H groups in total. The second-order valence-corrected chi connectivity index (χ2v) is 7.55. The molecule has 0 spiro atoms. The molecule has 0 aliphatic rings. The van der Waals surface area contributed by atoms with Gasteiger partial charge in [-0.25, -0.2) is 13.5 Å². The van der Waals surface area contributed by atoms with Crippen LogP contribution in [0.5, 0.6) is 0 Å². The number of benzene rings is 2. The molecule has 24 heavy (non-hydrogen) atoms. The first-order chi connectivity index (χ1) is 11.3. The first-order valence-electron chi connectivity index (χ1n) is 6.70. The van der Waals surface area contributed by atoms with Crippen LogP contribution in [0.1, 0.15) is 0 Å². The van der Waals surface area contributed by atoms with E-state index in [0.717, 1.165) is 12.1 Å². The molecule has 0 saturated carbocycles. The molecule has 0 aliphatic carbocycles. The van der Waals surface area contributed by atoms with Crippen molar-refractivity contribution < 1.29 is 17.2 Å². The minimum Gasteiger partial charge on any atom is -0.386 e. The summed E-state index contributed by atoms with van der Waals surface area (Å²) in [5.41, 5.74) is 0.416. The third-order valence-corrected chi connectivity index (χ3v) is 4.76. The summed E-state index contributed by atoms with van der Waals surface area (Å²) in [7, 11) is -1.10. The number of nitrogens with one attached hydrogen (secondary N) is 4. The molecule has 130 valence electrons. The van der Waals surface area contributed by atoms with Crippen LogP contribution in [-0.4, -0.2) is 22.5 Å². The van der Waals surface area contributed by atoms with Gasteiger partial charge < -0.3 is 10.6 Å². The first-order valence-corrected chi connectivity index (χ1v) is 9.26. The summed E-state index contributed by atoms with van der Waals surface area (Å²) in [6.45, 7) is 0. The zero-order valence-electron chi connectivity index (χ0n) is 12.7. The van der Waals surface area contributed by atoms with Gasteiger partial charge in [0.05, 0.1) is 22.7 Å². The van der Waals surface area contributed by atoms with E-state index in [4.69, 9.17) is 0 Å². The van der Waals surface area contributed by atoms with Crippen molar-refractivity contribution in [1.82, 2.24) is 4.72 Å². The molecule has 0 atom stereocenters. The van der Waals surface area contributed by atoms with E-state index in [9.17, 15) is 17.2 Å². The van der Waals surface area contributed by atoms with Gasteiger partial charge in [-0.15, -0.1) is 0 Å². The van der Waals surface area contributed by atoms with Crippen molar-refractivity contribution in [2.45, 2.75) is 0 Å². The minimum absolute atomic E-state index is 0.0613. The summed E-state index contributed by atoms with van der Waals surface area (Å²) >= 11 is 1.96. The van der Waals surface area contributed by atoms with Gasteiger partial charge in [0, 0.05) is 17.7 Å². The van der Waals surface area contributed by atoms with Gasteiger partial charge in [-0.2, -0.15) is 8.42 Å². The summed E-state index contributed by atoms with van der Waals surface area (Å²) in [5, 5.41) is 5.42. The van der Waals surface area contributed by atoms with Crippen LogP contribution in [0.3, 0.4) is 0 Å². The summed E-state index contributed by atoms with van der Waals surface area (Å²) in [6, 6.07) is 6.66. The molecule has 0 fully saturated rings. The quantitative estimate of drug-likeness (QED) is 0.491. The van der Waals surface area contributed by atoms with E-state index in [0.29, 0.717) is 3.57 Å². The van der Waals surface area contributed by atoms with Crippen molar-refractivity contribution in [2.75, 3.05) is 29.5 Å². The monoisotopic (exact) mass is 468 g/mol. The predicted octanol–water partition coefficient (Wildman–Crippen LogP) is 3.23. The lowest BCUT2D eigenvalue weighted by molar-refractivity contribution is 0.593. The lowest BCUT2D eigenvalue weighted by Crippen LogP contribution is -2.27. The van der Waals surface area contributed by atoms with Crippen molar-refractivity contribution in [3.8, 4) is 0 Å². The Labute approximate surface area is 152 Å². The van der Waals surface area contributed by atoms with Crippen LogP contribution in [0.25, 0.3) is 0 Å². The Hall–Kier alpha value is -1.66. The topological polar surface area (TPSA) is 82.3 Å². The molecule has 0 unspecified atom stereocenters. The third-order valence-electron chi connectivity index (χ3n) is 3.08. The van der Waals surface area contributed by atoms with Crippen molar-refractivity contribution in [3.63, 3.8) is 0 Å². The van der Waals surface area contributed by atoms with Crippen molar-refractivity contribution in [2.24, 2.45) is 0 Å². The molecular formula is C14H15F2IN4O2S.